The first kappa shape index (κ1) is 30.8. The van der Waals surface area contributed by atoms with Crippen LogP contribution in [-0.4, -0.2) is 42.4 Å². The Labute approximate surface area is 240 Å². The number of fused-ring (bicyclic) bond motifs is 5. The van der Waals surface area contributed by atoms with Crippen molar-refractivity contribution in [2.24, 2.45) is 46.3 Å². The predicted octanol–water partition coefficient (Wildman–Crippen LogP) is 5.80. The Morgan fingerprint density at radius 2 is 1.70 bits per heavy atom. The Balaban J connectivity index is 1.52. The van der Waals surface area contributed by atoms with E-state index in [0.717, 1.165) is 51.4 Å². The monoisotopic (exact) mass is 557 g/mol. The number of ether oxygens (including phenoxy) is 2. The van der Waals surface area contributed by atoms with Gasteiger partial charge in [-0.1, -0.05) is 39.3 Å². The van der Waals surface area contributed by atoms with Gasteiger partial charge in [-0.3, -0.25) is 19.2 Å². The summed E-state index contributed by atoms with van der Waals surface area (Å²) in [4.78, 5) is 48.7. The van der Waals surface area contributed by atoms with Gasteiger partial charge in [0.1, 0.15) is 18.0 Å². The second-order valence-electron chi connectivity index (χ2n) is 14.0. The highest BCUT2D eigenvalue weighted by molar-refractivity contribution is 5.81. The van der Waals surface area contributed by atoms with Gasteiger partial charge in [0.2, 0.25) is 5.91 Å². The molecule has 3 fully saturated rings. The summed E-state index contributed by atoms with van der Waals surface area (Å²) in [6, 6.07) is 0. The van der Waals surface area contributed by atoms with Crippen molar-refractivity contribution in [1.82, 2.24) is 5.32 Å². The van der Waals surface area contributed by atoms with E-state index in [-0.39, 0.29) is 64.4 Å². The van der Waals surface area contributed by atoms with Gasteiger partial charge in [-0.2, -0.15) is 0 Å². The van der Waals surface area contributed by atoms with E-state index in [4.69, 9.17) is 9.47 Å². The number of Topliss-reactive ketones (excluding diaryl/α,β-unsaturated/α-hetero) is 1. The summed E-state index contributed by atoms with van der Waals surface area (Å²) in [7, 11) is 0. The van der Waals surface area contributed by atoms with Crippen molar-refractivity contribution in [3.63, 3.8) is 0 Å². The Bertz CT molecular complexity index is 1040. The SMILES string of the molecule is CC(=O)NC[C@H](C)CCC(=O)[C@H](C)[C@@H]1[C@@H](OC(C)=O)C[C@@H]2[C@@H]3CC=C4C[C@H](OC(C)=O)CC[C@]4(C)[C@@H]3CC[C@]12C. The zero-order valence-corrected chi connectivity index (χ0v) is 25.7. The Morgan fingerprint density at radius 3 is 2.35 bits per heavy atom. The van der Waals surface area contributed by atoms with Gasteiger partial charge in [-0.05, 0) is 79.4 Å². The molecule has 7 nitrogen and oxygen atoms in total. The zero-order chi connectivity index (χ0) is 29.4. The van der Waals surface area contributed by atoms with Crippen LogP contribution in [0.1, 0.15) is 106 Å². The first-order valence-corrected chi connectivity index (χ1v) is 15.6. The van der Waals surface area contributed by atoms with Gasteiger partial charge in [0.05, 0.1) is 0 Å². The molecule has 7 heteroatoms. The predicted molar refractivity (Wildman–Crippen MR) is 153 cm³/mol. The molecule has 0 spiro atoms. The van der Waals surface area contributed by atoms with Crippen LogP contribution >= 0.6 is 0 Å². The Hall–Kier alpha value is -2.18. The summed E-state index contributed by atoms with van der Waals surface area (Å²) in [5.41, 5.74) is 1.51. The normalized spacial score (nSPS) is 38.0. The van der Waals surface area contributed by atoms with E-state index in [1.54, 1.807) is 0 Å². The van der Waals surface area contributed by atoms with E-state index in [2.05, 4.69) is 39.1 Å². The highest BCUT2D eigenvalue weighted by Crippen LogP contribution is 2.67. The quantitative estimate of drug-likeness (QED) is 0.284. The number of ketones is 1. The highest BCUT2D eigenvalue weighted by atomic mass is 16.5. The Morgan fingerprint density at radius 1 is 1.00 bits per heavy atom. The second kappa shape index (κ2) is 12.0. The molecule has 4 aliphatic rings. The molecule has 1 amide bonds. The van der Waals surface area contributed by atoms with Gasteiger partial charge < -0.3 is 14.8 Å². The molecule has 0 heterocycles. The third-order valence-corrected chi connectivity index (χ3v) is 11.4. The molecule has 0 aromatic carbocycles. The minimum atomic E-state index is -0.265. The maximum Gasteiger partial charge on any atom is 0.302 e. The summed E-state index contributed by atoms with van der Waals surface area (Å²) in [5.74, 6) is 1.24. The topological polar surface area (TPSA) is 98.8 Å². The van der Waals surface area contributed by atoms with Gasteiger partial charge >= 0.3 is 11.9 Å². The van der Waals surface area contributed by atoms with E-state index in [1.165, 1.54) is 26.3 Å². The number of amides is 1. The van der Waals surface area contributed by atoms with Crippen molar-refractivity contribution in [3.05, 3.63) is 11.6 Å². The van der Waals surface area contributed by atoms with Crippen LogP contribution in [0.15, 0.2) is 11.6 Å². The van der Waals surface area contributed by atoms with E-state index in [9.17, 15) is 19.2 Å². The number of carbonyl (C=O) groups is 4. The van der Waals surface area contributed by atoms with Crippen molar-refractivity contribution in [2.75, 3.05) is 6.54 Å². The van der Waals surface area contributed by atoms with Crippen molar-refractivity contribution in [2.45, 2.75) is 118 Å². The minimum Gasteiger partial charge on any atom is -0.462 e. The molecule has 4 rings (SSSR count). The molecule has 0 radical (unpaired) electrons. The largest absolute Gasteiger partial charge is 0.462 e. The van der Waals surface area contributed by atoms with E-state index in [0.29, 0.717) is 30.7 Å². The van der Waals surface area contributed by atoms with Crippen molar-refractivity contribution >= 4 is 23.6 Å². The van der Waals surface area contributed by atoms with Crippen LogP contribution < -0.4 is 5.32 Å². The lowest BCUT2D eigenvalue weighted by Gasteiger charge is -2.58. The van der Waals surface area contributed by atoms with Gasteiger partial charge in [0, 0.05) is 52.0 Å². The molecule has 224 valence electrons. The van der Waals surface area contributed by atoms with Crippen LogP contribution in [0, 0.1) is 46.3 Å². The second-order valence-corrected chi connectivity index (χ2v) is 14.0. The summed E-state index contributed by atoms with van der Waals surface area (Å²) in [5, 5.41) is 2.85. The zero-order valence-electron chi connectivity index (χ0n) is 25.7. The minimum absolute atomic E-state index is 0.0124. The third kappa shape index (κ3) is 6.04. The lowest BCUT2D eigenvalue weighted by molar-refractivity contribution is -0.153. The van der Waals surface area contributed by atoms with Crippen LogP contribution in [0.4, 0.5) is 0 Å². The first-order valence-electron chi connectivity index (χ1n) is 15.6. The lowest BCUT2D eigenvalue weighted by Crippen LogP contribution is -2.51. The molecule has 4 aliphatic carbocycles. The fraction of sp³-hybridized carbons (Fsp3) is 0.818. The summed E-state index contributed by atoms with van der Waals surface area (Å²) in [6.07, 6.45) is 10.2. The number of esters is 2. The van der Waals surface area contributed by atoms with Crippen molar-refractivity contribution in [1.29, 1.82) is 0 Å². The average Bonchev–Trinajstić information content (AvgIpc) is 3.16. The number of nitrogens with one attached hydrogen (secondary N) is 1. The number of carbonyl (C=O) groups excluding carboxylic acids is 4. The van der Waals surface area contributed by atoms with Gasteiger partial charge in [0.25, 0.3) is 0 Å². The molecule has 10 atom stereocenters. The van der Waals surface area contributed by atoms with Gasteiger partial charge in [0.15, 0.2) is 0 Å². The third-order valence-electron chi connectivity index (χ3n) is 11.4. The van der Waals surface area contributed by atoms with E-state index >= 15 is 0 Å². The molecule has 40 heavy (non-hydrogen) atoms. The van der Waals surface area contributed by atoms with Crippen LogP contribution in [0.2, 0.25) is 0 Å². The first-order chi connectivity index (χ1) is 18.8. The number of hydrogen-bond donors (Lipinski definition) is 1. The maximum atomic E-state index is 13.6. The molecule has 3 saturated carbocycles. The van der Waals surface area contributed by atoms with Crippen LogP contribution in [0.25, 0.3) is 0 Å². The van der Waals surface area contributed by atoms with Crippen molar-refractivity contribution < 1.29 is 28.7 Å². The molecule has 0 aliphatic heterocycles. The molecular formula is C33H51NO6. The maximum absolute atomic E-state index is 13.6. The summed E-state index contributed by atoms with van der Waals surface area (Å²) in [6.45, 7) is 14.0. The molecule has 0 saturated heterocycles. The van der Waals surface area contributed by atoms with Crippen LogP contribution in [0.3, 0.4) is 0 Å². The number of rotatable bonds is 9. The average molecular weight is 558 g/mol. The standard InChI is InChI=1S/C33H51NO6/c1-19(18-34-21(3)35)8-11-29(38)20(2)31-30(40-23(5)37)17-28-26-10-9-24-16-25(39-22(4)36)12-14-32(24,6)27(26)13-15-33(28,31)7/h9,19-20,25-28,30-31H,8,10-18H2,1-7H3,(H,34,35)/t19-,20+,25-,26-,27-,28-,30+,31-,32+,33+/m1/s1. The molecular weight excluding hydrogens is 506 g/mol. The van der Waals surface area contributed by atoms with E-state index < -0.39 is 0 Å². The highest BCUT2D eigenvalue weighted by Gasteiger charge is 2.63. The van der Waals surface area contributed by atoms with E-state index in [1.807, 2.05) is 0 Å². The molecule has 0 unspecified atom stereocenters. The number of allylic oxidation sites excluding steroid dienone is 1. The van der Waals surface area contributed by atoms with Crippen LogP contribution in [0.5, 0.6) is 0 Å². The lowest BCUT2D eigenvalue weighted by atomic mass is 9.47. The number of hydrogen-bond acceptors (Lipinski definition) is 6. The molecule has 1 N–H and O–H groups in total. The van der Waals surface area contributed by atoms with Gasteiger partial charge in [-0.15, -0.1) is 0 Å². The fourth-order valence-corrected chi connectivity index (χ4v) is 9.45. The van der Waals surface area contributed by atoms with Crippen molar-refractivity contribution in [3.8, 4) is 0 Å². The molecule has 0 bridgehead atoms. The summed E-state index contributed by atoms with van der Waals surface area (Å²) >= 11 is 0. The Kier molecular flexibility index (Phi) is 9.21. The fourth-order valence-electron chi connectivity index (χ4n) is 9.45. The van der Waals surface area contributed by atoms with Crippen LogP contribution in [-0.2, 0) is 28.7 Å². The summed E-state index contributed by atoms with van der Waals surface area (Å²) < 4.78 is 11.6. The molecule has 0 aromatic heterocycles. The molecule has 0 aromatic rings. The van der Waals surface area contributed by atoms with Gasteiger partial charge in [-0.25, -0.2) is 0 Å². The smallest absolute Gasteiger partial charge is 0.302 e.